The van der Waals surface area contributed by atoms with E-state index in [0.29, 0.717) is 41.9 Å². The Morgan fingerprint density at radius 3 is 2.42 bits per heavy atom. The first kappa shape index (κ1) is 38.1. The molecule has 0 radical (unpaired) electrons. The highest BCUT2D eigenvalue weighted by Crippen LogP contribution is 2.41. The third-order valence-electron chi connectivity index (χ3n) is 13.6. The maximum atomic E-state index is 15.9. The van der Waals surface area contributed by atoms with Gasteiger partial charge in [0.2, 0.25) is 11.8 Å². The summed E-state index contributed by atoms with van der Waals surface area (Å²) in [6.07, 6.45) is 11.3. The Morgan fingerprint density at radius 2 is 1.66 bits per heavy atom. The minimum Gasteiger partial charge on any atom is -0.488 e. The molecule has 5 fully saturated rings. The summed E-state index contributed by atoms with van der Waals surface area (Å²) in [5, 5.41) is 20.0. The number of ether oxygens (including phenoxy) is 2. The van der Waals surface area contributed by atoms with Crippen LogP contribution in [0.3, 0.4) is 0 Å². The number of nitrogens with zero attached hydrogens (tertiary/aromatic N) is 7. The van der Waals surface area contributed by atoms with Crippen LogP contribution in [0, 0.1) is 11.7 Å². The average molecular weight is 806 g/mol. The molecule has 10 rings (SSSR count). The fourth-order valence-electron chi connectivity index (χ4n) is 9.80. The third kappa shape index (κ3) is 7.74. The summed E-state index contributed by atoms with van der Waals surface area (Å²) in [5.74, 6) is 0.789. The van der Waals surface area contributed by atoms with Gasteiger partial charge in [0.25, 0.3) is 5.91 Å². The van der Waals surface area contributed by atoms with Crippen molar-refractivity contribution in [1.82, 2.24) is 35.5 Å². The number of carbonyl (C=O) groups is 3. The molecule has 310 valence electrons. The van der Waals surface area contributed by atoms with Crippen LogP contribution < -0.4 is 19.9 Å². The van der Waals surface area contributed by atoms with E-state index in [2.05, 4.69) is 59.5 Å². The summed E-state index contributed by atoms with van der Waals surface area (Å²) in [6, 6.07) is 10.8. The number of hydrogen-bond donors (Lipinski definition) is 2. The van der Waals surface area contributed by atoms with Crippen molar-refractivity contribution in [3.63, 3.8) is 0 Å². The van der Waals surface area contributed by atoms with Crippen molar-refractivity contribution < 1.29 is 28.2 Å². The minimum atomic E-state index is -0.758. The number of aromatic amines is 1. The molecule has 0 bridgehead atoms. The Kier molecular flexibility index (Phi) is 9.98. The second-order valence-corrected chi connectivity index (χ2v) is 17.7. The maximum absolute atomic E-state index is 15.9. The van der Waals surface area contributed by atoms with Crippen molar-refractivity contribution in [3.8, 4) is 17.0 Å². The highest BCUT2D eigenvalue weighted by atomic mass is 19.1. The van der Waals surface area contributed by atoms with Crippen molar-refractivity contribution in [2.45, 2.75) is 102 Å². The SMILES string of the molecule is CC1(Oc2ccc3[nH]nc(-c4cnnc(N5CCC(O[C@H]6CC[C@H](CN7CCN(c8ccc9c(c8F)CN(C8CCC(=O)NC8=O)C9=O)CC7)CC6)CC5)c4)c3c2)CC1. The van der Waals surface area contributed by atoms with Crippen LogP contribution in [0.15, 0.2) is 42.6 Å². The van der Waals surface area contributed by atoms with Crippen LogP contribution in [0.5, 0.6) is 5.75 Å². The molecule has 3 saturated heterocycles. The quantitative estimate of drug-likeness (QED) is 0.204. The van der Waals surface area contributed by atoms with E-state index in [1.807, 2.05) is 12.1 Å². The smallest absolute Gasteiger partial charge is 0.255 e. The lowest BCUT2D eigenvalue weighted by atomic mass is 9.86. The van der Waals surface area contributed by atoms with Crippen LogP contribution in [0.1, 0.15) is 87.1 Å². The molecule has 2 aliphatic carbocycles. The van der Waals surface area contributed by atoms with Crippen LogP contribution in [-0.2, 0) is 20.9 Å². The number of anilines is 2. The number of piperazine rings is 1. The van der Waals surface area contributed by atoms with Gasteiger partial charge in [-0.25, -0.2) is 4.39 Å². The maximum Gasteiger partial charge on any atom is 0.255 e. The van der Waals surface area contributed by atoms with Gasteiger partial charge in [-0.1, -0.05) is 0 Å². The van der Waals surface area contributed by atoms with Crippen LogP contribution in [0.25, 0.3) is 22.2 Å². The standard InChI is InChI=1S/C44H52FN9O5/c1-44(14-15-44)59-31-6-8-35-33(23-31)41(50-48-35)28-22-38(49-46-24-28)53-16-12-30(13-17-53)58-29-4-2-27(3-5-29)25-51-18-20-52(21-19-51)36-9-7-32-34(40(36)45)26-54(43(32)57)37-10-11-39(55)47-42(37)56/h6-9,22-24,27,29-30,37H,2-5,10-21,25-26H2,1H3,(H,48,50)(H,47,55,56)/t27-,29-,37?. The van der Waals surface area contributed by atoms with E-state index in [-0.39, 0.29) is 48.7 Å². The first-order valence-corrected chi connectivity index (χ1v) is 21.5. The predicted octanol–water partition coefficient (Wildman–Crippen LogP) is 5.22. The molecule has 2 aromatic carbocycles. The molecular formula is C44H52FN9O5. The average Bonchev–Trinajstić information content (AvgIpc) is 3.66. The zero-order chi connectivity index (χ0) is 40.3. The zero-order valence-corrected chi connectivity index (χ0v) is 33.6. The summed E-state index contributed by atoms with van der Waals surface area (Å²) >= 11 is 0. The fourth-order valence-corrected chi connectivity index (χ4v) is 9.80. The molecule has 0 spiro atoms. The zero-order valence-electron chi connectivity index (χ0n) is 33.6. The summed E-state index contributed by atoms with van der Waals surface area (Å²) in [7, 11) is 0. The van der Waals surface area contributed by atoms with Gasteiger partial charge in [-0.15, -0.1) is 5.10 Å². The fraction of sp³-hybridized carbons (Fsp3) is 0.545. The number of carbonyl (C=O) groups excluding carboxylic acids is 3. The molecule has 14 nitrogen and oxygen atoms in total. The lowest BCUT2D eigenvalue weighted by Crippen LogP contribution is -2.52. The van der Waals surface area contributed by atoms with Crippen molar-refractivity contribution >= 4 is 40.1 Å². The van der Waals surface area contributed by atoms with Gasteiger partial charge in [-0.3, -0.25) is 29.7 Å². The van der Waals surface area contributed by atoms with E-state index in [9.17, 15) is 14.4 Å². The summed E-state index contributed by atoms with van der Waals surface area (Å²) in [4.78, 5) is 45.5. The van der Waals surface area contributed by atoms with E-state index in [4.69, 9.17) is 9.47 Å². The number of halogens is 1. The highest BCUT2D eigenvalue weighted by molar-refractivity contribution is 6.05. The number of nitrogens with one attached hydrogen (secondary N) is 2. The molecule has 4 aromatic rings. The minimum absolute atomic E-state index is 0.0395. The summed E-state index contributed by atoms with van der Waals surface area (Å²) in [6.45, 7) is 8.11. The van der Waals surface area contributed by atoms with Crippen molar-refractivity contribution in [2.24, 2.45) is 5.92 Å². The molecule has 6 aliphatic rings. The number of rotatable bonds is 10. The number of H-pyrrole nitrogens is 1. The molecule has 4 aliphatic heterocycles. The second kappa shape index (κ2) is 15.5. The molecule has 15 heteroatoms. The number of amides is 3. The van der Waals surface area contributed by atoms with Crippen LogP contribution in [0.4, 0.5) is 15.9 Å². The van der Waals surface area contributed by atoms with E-state index in [1.54, 1.807) is 18.3 Å². The second-order valence-electron chi connectivity index (χ2n) is 17.7. The Hall–Kier alpha value is -5.15. The number of imide groups is 1. The van der Waals surface area contributed by atoms with Gasteiger partial charge >= 0.3 is 0 Å². The van der Waals surface area contributed by atoms with Crippen LogP contribution >= 0.6 is 0 Å². The Morgan fingerprint density at radius 1 is 0.881 bits per heavy atom. The Balaban J connectivity index is 0.667. The first-order chi connectivity index (χ1) is 28.7. The normalized spacial score (nSPS) is 25.1. The van der Waals surface area contributed by atoms with Gasteiger partial charge in [0.15, 0.2) is 11.6 Å². The van der Waals surface area contributed by atoms with Gasteiger partial charge in [0.1, 0.15) is 23.1 Å². The molecule has 1 atom stereocenters. The Labute approximate surface area is 342 Å². The van der Waals surface area contributed by atoms with Crippen molar-refractivity contribution in [1.29, 1.82) is 0 Å². The molecule has 6 heterocycles. The molecule has 2 N–H and O–H groups in total. The van der Waals surface area contributed by atoms with Crippen molar-refractivity contribution in [3.05, 3.63) is 59.5 Å². The largest absolute Gasteiger partial charge is 0.488 e. The molecule has 2 saturated carbocycles. The first-order valence-electron chi connectivity index (χ1n) is 21.5. The molecule has 59 heavy (non-hydrogen) atoms. The van der Waals surface area contributed by atoms with Crippen LogP contribution in [-0.4, -0.2) is 118 Å². The van der Waals surface area contributed by atoms with Gasteiger partial charge < -0.3 is 24.2 Å². The molecule has 1 unspecified atom stereocenters. The highest BCUT2D eigenvalue weighted by Gasteiger charge is 2.42. The summed E-state index contributed by atoms with van der Waals surface area (Å²) in [5.41, 5.74) is 3.86. The van der Waals surface area contributed by atoms with Crippen LogP contribution in [0.2, 0.25) is 0 Å². The molecule has 2 aromatic heterocycles. The lowest BCUT2D eigenvalue weighted by Gasteiger charge is -2.40. The predicted molar refractivity (Wildman–Crippen MR) is 219 cm³/mol. The number of aromatic nitrogens is 4. The molecule has 3 amide bonds. The van der Waals surface area contributed by atoms with Gasteiger partial charge in [0, 0.05) is 74.3 Å². The summed E-state index contributed by atoms with van der Waals surface area (Å²) < 4.78 is 28.9. The molecular weight excluding hydrogens is 754 g/mol. The van der Waals surface area contributed by atoms with Gasteiger partial charge in [-0.05, 0) is 107 Å². The van der Waals surface area contributed by atoms with E-state index in [0.717, 1.165) is 118 Å². The van der Waals surface area contributed by atoms with Gasteiger partial charge in [0.05, 0.1) is 36.2 Å². The topological polar surface area (TPSA) is 149 Å². The monoisotopic (exact) mass is 805 g/mol. The van der Waals surface area contributed by atoms with E-state index in [1.165, 1.54) is 4.90 Å². The Bertz CT molecular complexity index is 2260. The van der Waals surface area contributed by atoms with Crippen molar-refractivity contribution in [2.75, 3.05) is 55.6 Å². The number of piperidine rings is 2. The number of hydrogen-bond acceptors (Lipinski definition) is 11. The number of fused-ring (bicyclic) bond motifs is 2. The third-order valence-corrected chi connectivity index (χ3v) is 13.6. The van der Waals surface area contributed by atoms with E-state index >= 15 is 4.39 Å². The number of benzene rings is 2. The lowest BCUT2D eigenvalue weighted by molar-refractivity contribution is -0.136. The van der Waals surface area contributed by atoms with E-state index < -0.39 is 11.9 Å². The van der Waals surface area contributed by atoms with Gasteiger partial charge in [-0.2, -0.15) is 10.2 Å².